The largest absolute Gasteiger partial charge is 0.409 e. The van der Waals surface area contributed by atoms with Crippen molar-refractivity contribution in [1.29, 1.82) is 0 Å². The molecule has 6 heteroatoms. The van der Waals surface area contributed by atoms with Crippen LogP contribution in [0.25, 0.3) is 0 Å². The molecule has 98 valence electrons. The molecule has 0 atom stereocenters. The maximum Gasteiger partial charge on any atom is 0.170 e. The standard InChI is InChI=1S/C13H10F2N2OS/c14-11-6-5-10(7-12(11)15)19-9-3-1-8(2-4-9)13(16)17-18/h1-7,18H,(H2,16,17). The Balaban J connectivity index is 2.17. The molecule has 0 aliphatic rings. The lowest BCUT2D eigenvalue weighted by atomic mass is 10.2. The SMILES string of the molecule is N/C(=N\O)c1ccc(Sc2ccc(F)c(F)c2)cc1. The Morgan fingerprint density at radius 1 is 1.00 bits per heavy atom. The second-order valence-corrected chi connectivity index (χ2v) is 4.83. The maximum absolute atomic E-state index is 13.0. The van der Waals surface area contributed by atoms with Crippen LogP contribution in [0.15, 0.2) is 57.4 Å². The Morgan fingerprint density at radius 2 is 1.63 bits per heavy atom. The van der Waals surface area contributed by atoms with Gasteiger partial charge in [0.05, 0.1) is 0 Å². The normalized spacial score (nSPS) is 11.6. The van der Waals surface area contributed by atoms with Crippen LogP contribution in [0.2, 0.25) is 0 Å². The Labute approximate surface area is 112 Å². The molecule has 2 aromatic rings. The van der Waals surface area contributed by atoms with E-state index in [9.17, 15) is 8.78 Å². The Bertz CT molecular complexity index is 615. The van der Waals surface area contributed by atoms with Gasteiger partial charge in [-0.15, -0.1) is 0 Å². The predicted molar refractivity (Wildman–Crippen MR) is 69.4 cm³/mol. The third-order valence-electron chi connectivity index (χ3n) is 2.38. The molecule has 0 spiro atoms. The Hall–Kier alpha value is -2.08. The molecule has 0 aromatic heterocycles. The topological polar surface area (TPSA) is 58.6 Å². The van der Waals surface area contributed by atoms with Crippen molar-refractivity contribution in [3.8, 4) is 0 Å². The first-order valence-electron chi connectivity index (χ1n) is 5.31. The fourth-order valence-electron chi connectivity index (χ4n) is 1.43. The number of nitrogens with two attached hydrogens (primary N) is 1. The van der Waals surface area contributed by atoms with E-state index in [1.165, 1.54) is 17.8 Å². The van der Waals surface area contributed by atoms with Crippen molar-refractivity contribution in [2.24, 2.45) is 10.9 Å². The van der Waals surface area contributed by atoms with Crippen molar-refractivity contribution < 1.29 is 14.0 Å². The van der Waals surface area contributed by atoms with Gasteiger partial charge in [0.25, 0.3) is 0 Å². The van der Waals surface area contributed by atoms with E-state index in [2.05, 4.69) is 5.16 Å². The van der Waals surface area contributed by atoms with Crippen LogP contribution in [0.1, 0.15) is 5.56 Å². The van der Waals surface area contributed by atoms with Gasteiger partial charge in [-0.25, -0.2) is 8.78 Å². The van der Waals surface area contributed by atoms with Crippen molar-refractivity contribution in [2.75, 3.05) is 0 Å². The zero-order valence-electron chi connectivity index (χ0n) is 9.68. The van der Waals surface area contributed by atoms with E-state index in [0.717, 1.165) is 17.0 Å². The quantitative estimate of drug-likeness (QED) is 0.393. The molecule has 3 N–H and O–H groups in total. The molecule has 0 aliphatic heterocycles. The molecule has 2 aromatic carbocycles. The van der Waals surface area contributed by atoms with Gasteiger partial charge in [0.15, 0.2) is 17.5 Å². The number of rotatable bonds is 3. The molecule has 3 nitrogen and oxygen atoms in total. The summed E-state index contributed by atoms with van der Waals surface area (Å²) < 4.78 is 25.8. The number of hydrogen-bond acceptors (Lipinski definition) is 3. The van der Waals surface area contributed by atoms with Gasteiger partial charge in [-0.3, -0.25) is 0 Å². The first-order valence-corrected chi connectivity index (χ1v) is 6.12. The van der Waals surface area contributed by atoms with E-state index in [-0.39, 0.29) is 5.84 Å². The summed E-state index contributed by atoms with van der Waals surface area (Å²) in [5, 5.41) is 11.4. The van der Waals surface area contributed by atoms with Crippen molar-refractivity contribution in [3.63, 3.8) is 0 Å². The van der Waals surface area contributed by atoms with E-state index in [1.54, 1.807) is 24.3 Å². The second-order valence-electron chi connectivity index (χ2n) is 3.69. The van der Waals surface area contributed by atoms with Crippen LogP contribution < -0.4 is 5.73 Å². The molecule has 0 aliphatic carbocycles. The molecule has 0 saturated heterocycles. The van der Waals surface area contributed by atoms with Crippen molar-refractivity contribution in [2.45, 2.75) is 9.79 Å². The number of benzene rings is 2. The highest BCUT2D eigenvalue weighted by atomic mass is 32.2. The van der Waals surface area contributed by atoms with Gasteiger partial charge in [-0.05, 0) is 30.3 Å². The number of halogens is 2. The third kappa shape index (κ3) is 3.23. The minimum absolute atomic E-state index is 0.0179. The zero-order chi connectivity index (χ0) is 13.8. The monoisotopic (exact) mass is 280 g/mol. The van der Waals surface area contributed by atoms with Crippen LogP contribution in [0, 0.1) is 11.6 Å². The lowest BCUT2D eigenvalue weighted by Gasteiger charge is -2.04. The average molecular weight is 280 g/mol. The summed E-state index contributed by atoms with van der Waals surface area (Å²) in [5.74, 6) is -1.73. The summed E-state index contributed by atoms with van der Waals surface area (Å²) in [7, 11) is 0. The van der Waals surface area contributed by atoms with E-state index in [1.807, 2.05) is 0 Å². The number of hydrogen-bond donors (Lipinski definition) is 2. The maximum atomic E-state index is 13.0. The summed E-state index contributed by atoms with van der Waals surface area (Å²) in [4.78, 5) is 1.43. The van der Waals surface area contributed by atoms with Crippen molar-refractivity contribution >= 4 is 17.6 Å². The lowest BCUT2D eigenvalue weighted by Crippen LogP contribution is -2.12. The minimum atomic E-state index is -0.877. The van der Waals surface area contributed by atoms with E-state index < -0.39 is 11.6 Å². The fraction of sp³-hybridized carbons (Fsp3) is 0. The average Bonchev–Trinajstić information content (AvgIpc) is 2.43. The summed E-state index contributed by atoms with van der Waals surface area (Å²) in [6, 6.07) is 10.6. The van der Waals surface area contributed by atoms with Crippen LogP contribution in [-0.4, -0.2) is 11.0 Å². The molecule has 0 radical (unpaired) electrons. The first-order chi connectivity index (χ1) is 9.10. The van der Waals surface area contributed by atoms with Crippen LogP contribution in [-0.2, 0) is 0 Å². The van der Waals surface area contributed by atoms with Crippen molar-refractivity contribution in [1.82, 2.24) is 0 Å². The summed E-state index contributed by atoms with van der Waals surface area (Å²) in [6.07, 6.45) is 0. The van der Waals surface area contributed by atoms with Gasteiger partial charge in [0.2, 0.25) is 0 Å². The van der Waals surface area contributed by atoms with Gasteiger partial charge in [0, 0.05) is 15.4 Å². The summed E-state index contributed by atoms with van der Waals surface area (Å²) >= 11 is 1.29. The molecule has 0 heterocycles. The molecule has 0 unspecified atom stereocenters. The van der Waals surface area contributed by atoms with Crippen molar-refractivity contribution in [3.05, 3.63) is 59.7 Å². The summed E-state index contributed by atoms with van der Waals surface area (Å²) in [5.41, 5.74) is 6.02. The van der Waals surface area contributed by atoms with E-state index in [4.69, 9.17) is 10.9 Å². The van der Waals surface area contributed by atoms with Crippen LogP contribution in [0.3, 0.4) is 0 Å². The van der Waals surface area contributed by atoms with Crippen LogP contribution in [0.4, 0.5) is 8.78 Å². The molecule has 0 fully saturated rings. The highest BCUT2D eigenvalue weighted by Crippen LogP contribution is 2.28. The highest BCUT2D eigenvalue weighted by molar-refractivity contribution is 7.99. The first kappa shape index (κ1) is 13.4. The molecular formula is C13H10F2N2OS. The zero-order valence-corrected chi connectivity index (χ0v) is 10.5. The molecule has 19 heavy (non-hydrogen) atoms. The lowest BCUT2D eigenvalue weighted by molar-refractivity contribution is 0.318. The summed E-state index contributed by atoms with van der Waals surface area (Å²) in [6.45, 7) is 0. The second kappa shape index (κ2) is 5.71. The van der Waals surface area contributed by atoms with Gasteiger partial charge < -0.3 is 10.9 Å². The highest BCUT2D eigenvalue weighted by Gasteiger charge is 2.05. The van der Waals surface area contributed by atoms with Gasteiger partial charge in [0.1, 0.15) is 0 Å². The van der Waals surface area contributed by atoms with Gasteiger partial charge in [-0.2, -0.15) is 0 Å². The molecule has 0 saturated carbocycles. The number of nitrogens with zero attached hydrogens (tertiary/aromatic N) is 1. The fourth-order valence-corrected chi connectivity index (χ4v) is 2.27. The number of amidine groups is 1. The van der Waals surface area contributed by atoms with E-state index in [0.29, 0.717) is 10.5 Å². The predicted octanol–water partition coefficient (Wildman–Crippen LogP) is 3.21. The Morgan fingerprint density at radius 3 is 2.21 bits per heavy atom. The Kier molecular flexibility index (Phi) is 4.01. The third-order valence-corrected chi connectivity index (χ3v) is 3.38. The molecule has 0 bridgehead atoms. The van der Waals surface area contributed by atoms with Crippen LogP contribution in [0.5, 0.6) is 0 Å². The van der Waals surface area contributed by atoms with Crippen LogP contribution >= 0.6 is 11.8 Å². The van der Waals surface area contributed by atoms with E-state index >= 15 is 0 Å². The molecule has 0 amide bonds. The molecular weight excluding hydrogens is 270 g/mol. The minimum Gasteiger partial charge on any atom is -0.409 e. The molecule has 2 rings (SSSR count). The van der Waals surface area contributed by atoms with Gasteiger partial charge in [-0.1, -0.05) is 29.1 Å². The van der Waals surface area contributed by atoms with Gasteiger partial charge >= 0.3 is 0 Å². The number of oxime groups is 1. The smallest absolute Gasteiger partial charge is 0.170 e.